The van der Waals surface area contributed by atoms with Gasteiger partial charge in [0, 0.05) is 11.8 Å². The van der Waals surface area contributed by atoms with E-state index in [0.29, 0.717) is 29.5 Å². The number of carbonyl (C=O) groups is 1. The van der Waals surface area contributed by atoms with E-state index in [1.165, 1.54) is 18.4 Å². The quantitative estimate of drug-likeness (QED) is 0.518. The molecule has 0 saturated heterocycles. The predicted molar refractivity (Wildman–Crippen MR) is 51.2 cm³/mol. The summed E-state index contributed by atoms with van der Waals surface area (Å²) < 4.78 is 0. The van der Waals surface area contributed by atoms with Crippen LogP contribution in [0.3, 0.4) is 0 Å². The Labute approximate surface area is 79.2 Å². The molecule has 1 nitrogen and oxygen atoms in total. The van der Waals surface area contributed by atoms with Gasteiger partial charge in [-0.2, -0.15) is 0 Å². The van der Waals surface area contributed by atoms with Crippen LogP contribution in [0.1, 0.15) is 32.6 Å². The Kier molecular flexibility index (Phi) is 1.47. The Morgan fingerprint density at radius 2 is 2.00 bits per heavy atom. The highest BCUT2D eigenvalue weighted by Gasteiger charge is 2.48. The van der Waals surface area contributed by atoms with Gasteiger partial charge >= 0.3 is 0 Å². The third-order valence-corrected chi connectivity index (χ3v) is 4.35. The summed E-state index contributed by atoms with van der Waals surface area (Å²) in [5, 5.41) is 0. The van der Waals surface area contributed by atoms with Gasteiger partial charge in [-0.1, -0.05) is 18.1 Å². The van der Waals surface area contributed by atoms with E-state index in [0.717, 1.165) is 12.8 Å². The normalized spacial score (nSPS) is 47.8. The predicted octanol–water partition coefficient (Wildman–Crippen LogP) is 2.57. The molecular formula is C12H16O. The van der Waals surface area contributed by atoms with Crippen LogP contribution in [0.15, 0.2) is 11.6 Å². The molecule has 3 rings (SSSR count). The molecular weight excluding hydrogens is 160 g/mol. The lowest BCUT2D eigenvalue weighted by Crippen LogP contribution is -2.40. The third kappa shape index (κ3) is 0.905. The Morgan fingerprint density at radius 1 is 1.23 bits per heavy atom. The lowest BCUT2D eigenvalue weighted by atomic mass is 9.64. The summed E-state index contributed by atoms with van der Waals surface area (Å²) in [4.78, 5) is 12.0. The molecule has 1 heteroatoms. The fourth-order valence-electron chi connectivity index (χ4n) is 3.71. The Morgan fingerprint density at radius 3 is 2.85 bits per heavy atom. The number of allylic oxidation sites excluding steroid dienone is 2. The van der Waals surface area contributed by atoms with Gasteiger partial charge in [0.25, 0.3) is 0 Å². The maximum absolute atomic E-state index is 12.0. The molecule has 4 bridgehead atoms. The van der Waals surface area contributed by atoms with Gasteiger partial charge in [-0.25, -0.2) is 0 Å². The number of hydrogen-bond donors (Lipinski definition) is 0. The first-order valence-corrected chi connectivity index (χ1v) is 5.49. The number of hydrogen-bond acceptors (Lipinski definition) is 1. The molecule has 70 valence electrons. The first-order chi connectivity index (χ1) is 6.27. The van der Waals surface area contributed by atoms with Crippen molar-refractivity contribution >= 4 is 5.78 Å². The minimum atomic E-state index is 0.410. The molecule has 0 spiro atoms. The van der Waals surface area contributed by atoms with E-state index < -0.39 is 0 Å². The van der Waals surface area contributed by atoms with Gasteiger partial charge in [-0.3, -0.25) is 4.79 Å². The number of fused-ring (bicyclic) bond motifs is 6. The van der Waals surface area contributed by atoms with Crippen molar-refractivity contribution in [2.75, 3.05) is 0 Å². The molecule has 13 heavy (non-hydrogen) atoms. The van der Waals surface area contributed by atoms with E-state index in [4.69, 9.17) is 0 Å². The molecule has 0 unspecified atom stereocenters. The van der Waals surface area contributed by atoms with Crippen molar-refractivity contribution in [3.8, 4) is 0 Å². The molecule has 0 radical (unpaired) electrons. The molecule has 0 aromatic carbocycles. The van der Waals surface area contributed by atoms with Gasteiger partial charge in [-0.15, -0.1) is 0 Å². The highest BCUT2D eigenvalue weighted by atomic mass is 16.1. The number of ketones is 1. The molecule has 3 aliphatic rings. The highest BCUT2D eigenvalue weighted by molar-refractivity contribution is 5.86. The Hall–Kier alpha value is -0.590. The van der Waals surface area contributed by atoms with E-state index in [2.05, 4.69) is 13.0 Å². The maximum atomic E-state index is 12.0. The van der Waals surface area contributed by atoms with Crippen molar-refractivity contribution in [3.05, 3.63) is 11.6 Å². The van der Waals surface area contributed by atoms with Crippen molar-refractivity contribution < 1.29 is 4.79 Å². The number of Topliss-reactive ketones (excluding diaryl/α,β-unsaturated/α-hetero) is 1. The van der Waals surface area contributed by atoms with Crippen molar-refractivity contribution in [2.45, 2.75) is 32.6 Å². The topological polar surface area (TPSA) is 17.1 Å². The molecule has 2 saturated carbocycles. The summed E-state index contributed by atoms with van der Waals surface area (Å²) in [5.74, 6) is 2.67. The summed E-state index contributed by atoms with van der Waals surface area (Å²) in [5.41, 5.74) is 1.51. The third-order valence-electron chi connectivity index (χ3n) is 4.35. The van der Waals surface area contributed by atoms with Gasteiger partial charge in [0.1, 0.15) is 5.78 Å². The van der Waals surface area contributed by atoms with Crippen LogP contribution in [0.4, 0.5) is 0 Å². The smallest absolute Gasteiger partial charge is 0.140 e. The summed E-state index contributed by atoms with van der Waals surface area (Å²) in [7, 11) is 0. The van der Waals surface area contributed by atoms with E-state index in [1.54, 1.807) is 0 Å². The summed E-state index contributed by atoms with van der Waals surface area (Å²) in [6.45, 7) is 2.22. The van der Waals surface area contributed by atoms with Crippen LogP contribution in [0.25, 0.3) is 0 Å². The minimum Gasteiger partial charge on any atom is -0.299 e. The maximum Gasteiger partial charge on any atom is 0.140 e. The molecule has 0 heterocycles. The summed E-state index contributed by atoms with van der Waals surface area (Å²) >= 11 is 0. The first kappa shape index (κ1) is 7.78. The second kappa shape index (κ2) is 2.46. The average Bonchev–Trinajstić information content (AvgIpc) is 2.43. The Balaban J connectivity index is 2.03. The molecule has 0 aliphatic heterocycles. The fraction of sp³-hybridized carbons (Fsp3) is 0.750. The van der Waals surface area contributed by atoms with Crippen LogP contribution in [-0.2, 0) is 4.79 Å². The largest absolute Gasteiger partial charge is 0.299 e. The minimum absolute atomic E-state index is 0.410. The highest BCUT2D eigenvalue weighted by Crippen LogP contribution is 2.51. The van der Waals surface area contributed by atoms with Crippen molar-refractivity contribution in [3.63, 3.8) is 0 Å². The lowest BCUT2D eigenvalue weighted by molar-refractivity contribution is -0.134. The molecule has 4 atom stereocenters. The van der Waals surface area contributed by atoms with E-state index in [-0.39, 0.29) is 0 Å². The zero-order valence-electron chi connectivity index (χ0n) is 8.12. The van der Waals surface area contributed by atoms with Crippen LogP contribution >= 0.6 is 0 Å². The Bertz CT molecular complexity index is 289. The summed E-state index contributed by atoms with van der Waals surface area (Å²) in [6.07, 6.45) is 7.29. The van der Waals surface area contributed by atoms with Gasteiger partial charge in [-0.05, 0) is 38.0 Å². The van der Waals surface area contributed by atoms with Crippen molar-refractivity contribution in [1.82, 2.24) is 0 Å². The van der Waals surface area contributed by atoms with Crippen LogP contribution in [0.2, 0.25) is 0 Å². The molecule has 0 aromatic rings. The van der Waals surface area contributed by atoms with Crippen molar-refractivity contribution in [2.24, 2.45) is 23.7 Å². The molecule has 0 amide bonds. The van der Waals surface area contributed by atoms with Crippen LogP contribution < -0.4 is 0 Å². The molecule has 0 aromatic heterocycles. The lowest BCUT2D eigenvalue weighted by Gasteiger charge is -2.38. The van der Waals surface area contributed by atoms with Gasteiger partial charge in [0.15, 0.2) is 0 Å². The number of carbonyl (C=O) groups excluding carboxylic acids is 1. The molecule has 2 fully saturated rings. The van der Waals surface area contributed by atoms with E-state index >= 15 is 0 Å². The molecule has 3 aliphatic carbocycles. The van der Waals surface area contributed by atoms with Gasteiger partial charge < -0.3 is 0 Å². The zero-order valence-corrected chi connectivity index (χ0v) is 8.12. The van der Waals surface area contributed by atoms with Crippen LogP contribution in [0.5, 0.6) is 0 Å². The molecule has 0 N–H and O–H groups in total. The summed E-state index contributed by atoms with van der Waals surface area (Å²) in [6, 6.07) is 0. The average molecular weight is 176 g/mol. The monoisotopic (exact) mass is 176 g/mol. The van der Waals surface area contributed by atoms with E-state index in [9.17, 15) is 4.79 Å². The fourth-order valence-corrected chi connectivity index (χ4v) is 3.71. The SMILES string of the molecule is CC1=C[C@@H]2C[C@H]1[C@@H]1CCC[C@H]2C1=O. The second-order valence-electron chi connectivity index (χ2n) is 4.96. The van der Waals surface area contributed by atoms with Crippen molar-refractivity contribution in [1.29, 1.82) is 0 Å². The van der Waals surface area contributed by atoms with Gasteiger partial charge in [0.05, 0.1) is 0 Å². The van der Waals surface area contributed by atoms with E-state index in [1.807, 2.05) is 0 Å². The van der Waals surface area contributed by atoms with Crippen LogP contribution in [-0.4, -0.2) is 5.78 Å². The van der Waals surface area contributed by atoms with Gasteiger partial charge in [0.2, 0.25) is 0 Å². The standard InChI is InChI=1S/C12H16O/c1-7-5-8-6-11(7)10-4-2-3-9(8)12(10)13/h5,8-11H,2-4,6H2,1H3/t8-,9-,10+,11-/m1/s1. The zero-order chi connectivity index (χ0) is 9.00. The van der Waals surface area contributed by atoms with Crippen LogP contribution in [0, 0.1) is 23.7 Å². The second-order valence-corrected chi connectivity index (χ2v) is 4.96. The first-order valence-electron chi connectivity index (χ1n) is 5.49. The number of rotatable bonds is 0.